The zero-order valence-electron chi connectivity index (χ0n) is 14.8. The Bertz CT molecular complexity index is 956. The average molecular weight is 334 g/mol. The number of rotatable bonds is 5. The number of anilines is 1. The second kappa shape index (κ2) is 7.30. The molecule has 0 radical (unpaired) electrons. The summed E-state index contributed by atoms with van der Waals surface area (Å²) in [6.45, 7) is 2.06. The van der Waals surface area contributed by atoms with E-state index >= 15 is 0 Å². The van der Waals surface area contributed by atoms with Crippen molar-refractivity contribution in [3.63, 3.8) is 0 Å². The molecule has 5 heteroatoms. The quantitative estimate of drug-likeness (QED) is 0.673. The van der Waals surface area contributed by atoms with E-state index in [2.05, 4.69) is 17.0 Å². The molecule has 0 spiro atoms. The van der Waals surface area contributed by atoms with Crippen LogP contribution in [0.3, 0.4) is 0 Å². The van der Waals surface area contributed by atoms with Crippen molar-refractivity contribution in [1.82, 2.24) is 9.66 Å². The van der Waals surface area contributed by atoms with Gasteiger partial charge in [0, 0.05) is 26.2 Å². The summed E-state index contributed by atoms with van der Waals surface area (Å²) in [5.41, 5.74) is 2.65. The molecule has 0 bridgehead atoms. The third-order valence-corrected chi connectivity index (χ3v) is 4.03. The van der Waals surface area contributed by atoms with Crippen LogP contribution in [0.15, 0.2) is 58.4 Å². The Morgan fingerprint density at radius 1 is 1.12 bits per heavy atom. The van der Waals surface area contributed by atoms with Gasteiger partial charge in [-0.05, 0) is 36.2 Å². The SMILES string of the molecule is CCCc1nc2ccccc2c(=O)n1/N=C\c1ccc(N(C)C)cc1. The predicted molar refractivity (Wildman–Crippen MR) is 104 cm³/mol. The molecule has 1 heterocycles. The van der Waals surface area contributed by atoms with Gasteiger partial charge in [0.15, 0.2) is 0 Å². The van der Waals surface area contributed by atoms with Crippen molar-refractivity contribution >= 4 is 22.8 Å². The van der Waals surface area contributed by atoms with E-state index in [0.29, 0.717) is 17.6 Å². The summed E-state index contributed by atoms with van der Waals surface area (Å²) in [7, 11) is 4.00. The van der Waals surface area contributed by atoms with Crippen molar-refractivity contribution in [2.24, 2.45) is 5.10 Å². The minimum atomic E-state index is -0.129. The lowest BCUT2D eigenvalue weighted by Crippen LogP contribution is -2.22. The summed E-state index contributed by atoms with van der Waals surface area (Å²) in [6, 6.07) is 15.4. The van der Waals surface area contributed by atoms with Gasteiger partial charge in [0.25, 0.3) is 5.56 Å². The van der Waals surface area contributed by atoms with E-state index in [-0.39, 0.29) is 5.56 Å². The number of hydrogen-bond acceptors (Lipinski definition) is 4. The van der Waals surface area contributed by atoms with Crippen molar-refractivity contribution in [1.29, 1.82) is 0 Å². The Hall–Kier alpha value is -2.95. The molecular formula is C20H22N4O. The van der Waals surface area contributed by atoms with Crippen LogP contribution in [0, 0.1) is 0 Å². The maximum absolute atomic E-state index is 12.8. The normalized spacial score (nSPS) is 11.3. The van der Waals surface area contributed by atoms with Crippen molar-refractivity contribution < 1.29 is 0 Å². The highest BCUT2D eigenvalue weighted by molar-refractivity contribution is 5.81. The second-order valence-corrected chi connectivity index (χ2v) is 6.14. The van der Waals surface area contributed by atoms with Crippen LogP contribution in [0.4, 0.5) is 5.69 Å². The van der Waals surface area contributed by atoms with Gasteiger partial charge in [-0.3, -0.25) is 4.79 Å². The van der Waals surface area contributed by atoms with Gasteiger partial charge in [-0.15, -0.1) is 0 Å². The third-order valence-electron chi connectivity index (χ3n) is 4.03. The molecule has 3 rings (SSSR count). The lowest BCUT2D eigenvalue weighted by molar-refractivity contribution is 0.704. The number of benzene rings is 2. The van der Waals surface area contributed by atoms with E-state index in [0.717, 1.165) is 23.2 Å². The van der Waals surface area contributed by atoms with Gasteiger partial charge in [0.2, 0.25) is 0 Å². The van der Waals surface area contributed by atoms with Crippen molar-refractivity contribution in [2.75, 3.05) is 19.0 Å². The molecular weight excluding hydrogens is 312 g/mol. The third kappa shape index (κ3) is 3.60. The topological polar surface area (TPSA) is 50.5 Å². The molecule has 25 heavy (non-hydrogen) atoms. The molecule has 0 fully saturated rings. The smallest absolute Gasteiger partial charge is 0.282 e. The first-order chi connectivity index (χ1) is 12.1. The standard InChI is InChI=1S/C20H22N4O/c1-4-7-19-22-18-9-6-5-8-17(18)20(25)24(19)21-14-15-10-12-16(13-11-15)23(2)3/h5-6,8-14H,4,7H2,1-3H3/b21-14-. The van der Waals surface area contributed by atoms with Gasteiger partial charge in [-0.1, -0.05) is 31.2 Å². The van der Waals surface area contributed by atoms with Crippen LogP contribution in [-0.2, 0) is 6.42 Å². The summed E-state index contributed by atoms with van der Waals surface area (Å²) in [6.07, 6.45) is 3.31. The molecule has 5 nitrogen and oxygen atoms in total. The second-order valence-electron chi connectivity index (χ2n) is 6.14. The molecule has 128 valence electrons. The van der Waals surface area contributed by atoms with Gasteiger partial charge in [0.1, 0.15) is 5.82 Å². The van der Waals surface area contributed by atoms with Crippen molar-refractivity contribution in [2.45, 2.75) is 19.8 Å². The number of aryl methyl sites for hydroxylation is 1. The summed E-state index contributed by atoms with van der Waals surface area (Å²) in [4.78, 5) is 19.4. The molecule has 0 atom stereocenters. The van der Waals surface area contributed by atoms with Crippen LogP contribution in [0.5, 0.6) is 0 Å². The fourth-order valence-corrected chi connectivity index (χ4v) is 2.66. The van der Waals surface area contributed by atoms with Crippen LogP contribution in [0.25, 0.3) is 10.9 Å². The minimum absolute atomic E-state index is 0.129. The zero-order chi connectivity index (χ0) is 17.8. The molecule has 0 aliphatic carbocycles. The van der Waals surface area contributed by atoms with Gasteiger partial charge in [0.05, 0.1) is 17.1 Å². The highest BCUT2D eigenvalue weighted by atomic mass is 16.1. The van der Waals surface area contributed by atoms with E-state index < -0.39 is 0 Å². The molecule has 0 saturated heterocycles. The highest BCUT2D eigenvalue weighted by Crippen LogP contribution is 2.12. The molecule has 0 aliphatic rings. The first-order valence-electron chi connectivity index (χ1n) is 8.42. The Balaban J connectivity index is 2.03. The first-order valence-corrected chi connectivity index (χ1v) is 8.42. The lowest BCUT2D eigenvalue weighted by atomic mass is 10.2. The van der Waals surface area contributed by atoms with Gasteiger partial charge in [-0.25, -0.2) is 4.98 Å². The summed E-state index contributed by atoms with van der Waals surface area (Å²) >= 11 is 0. The van der Waals surface area contributed by atoms with Crippen LogP contribution in [0.1, 0.15) is 24.7 Å². The molecule has 0 unspecified atom stereocenters. The Morgan fingerprint density at radius 2 is 1.84 bits per heavy atom. The number of para-hydroxylation sites is 1. The van der Waals surface area contributed by atoms with Gasteiger partial charge >= 0.3 is 0 Å². The van der Waals surface area contributed by atoms with E-state index in [1.54, 1.807) is 12.3 Å². The molecule has 0 amide bonds. The summed E-state index contributed by atoms with van der Waals surface area (Å²) < 4.78 is 1.42. The lowest BCUT2D eigenvalue weighted by Gasteiger charge is -2.11. The van der Waals surface area contributed by atoms with E-state index in [1.165, 1.54) is 4.68 Å². The largest absolute Gasteiger partial charge is 0.378 e. The van der Waals surface area contributed by atoms with Crippen LogP contribution in [0.2, 0.25) is 0 Å². The van der Waals surface area contributed by atoms with Crippen LogP contribution in [-0.4, -0.2) is 30.0 Å². The summed E-state index contributed by atoms with van der Waals surface area (Å²) in [5.74, 6) is 0.687. The van der Waals surface area contributed by atoms with Gasteiger partial charge in [-0.2, -0.15) is 9.78 Å². The highest BCUT2D eigenvalue weighted by Gasteiger charge is 2.09. The summed E-state index contributed by atoms with van der Waals surface area (Å²) in [5, 5.41) is 5.01. The maximum atomic E-state index is 12.8. The maximum Gasteiger partial charge on any atom is 0.282 e. The molecule has 2 aromatic carbocycles. The van der Waals surface area contributed by atoms with Gasteiger partial charge < -0.3 is 4.90 Å². The number of nitrogens with zero attached hydrogens (tertiary/aromatic N) is 4. The molecule has 0 saturated carbocycles. The number of hydrogen-bond donors (Lipinski definition) is 0. The van der Waals surface area contributed by atoms with E-state index in [4.69, 9.17) is 0 Å². The average Bonchev–Trinajstić information content (AvgIpc) is 2.62. The molecule has 1 aromatic heterocycles. The van der Waals surface area contributed by atoms with Crippen molar-refractivity contribution in [3.8, 4) is 0 Å². The fourth-order valence-electron chi connectivity index (χ4n) is 2.66. The van der Waals surface area contributed by atoms with Crippen LogP contribution >= 0.6 is 0 Å². The van der Waals surface area contributed by atoms with E-state index in [1.807, 2.05) is 61.5 Å². The predicted octanol–water partition coefficient (Wildman–Crippen LogP) is 3.30. The monoisotopic (exact) mass is 334 g/mol. The molecule has 3 aromatic rings. The first kappa shape index (κ1) is 16.9. The fraction of sp³-hybridized carbons (Fsp3) is 0.250. The molecule has 0 N–H and O–H groups in total. The minimum Gasteiger partial charge on any atom is -0.378 e. The van der Waals surface area contributed by atoms with Crippen LogP contribution < -0.4 is 10.5 Å². The van der Waals surface area contributed by atoms with E-state index in [9.17, 15) is 4.79 Å². The molecule has 0 aliphatic heterocycles. The zero-order valence-corrected chi connectivity index (χ0v) is 14.8. The van der Waals surface area contributed by atoms with Crippen molar-refractivity contribution in [3.05, 3.63) is 70.3 Å². The Kier molecular flexibility index (Phi) is 4.93. The number of fused-ring (bicyclic) bond motifs is 1. The Labute approximate surface area is 147 Å². The number of aromatic nitrogens is 2. The Morgan fingerprint density at radius 3 is 2.52 bits per heavy atom.